The Kier molecular flexibility index (Phi) is 5.06. The summed E-state index contributed by atoms with van der Waals surface area (Å²) in [5, 5.41) is 0. The molecule has 1 amide bonds. The van der Waals surface area contributed by atoms with Crippen molar-refractivity contribution in [2.75, 3.05) is 13.6 Å². The van der Waals surface area contributed by atoms with Crippen molar-refractivity contribution in [1.29, 1.82) is 0 Å². The Morgan fingerprint density at radius 1 is 1.10 bits per heavy atom. The molecule has 0 heterocycles. The average Bonchev–Trinajstić information content (AvgIpc) is 2.50. The fourth-order valence-corrected chi connectivity index (χ4v) is 2.36. The number of amides is 1. The maximum atomic E-state index is 13.1. The van der Waals surface area contributed by atoms with Crippen LogP contribution in [0.3, 0.4) is 0 Å². The van der Waals surface area contributed by atoms with Crippen LogP contribution in [-0.2, 0) is 4.79 Å². The minimum absolute atomic E-state index is 0.0318. The summed E-state index contributed by atoms with van der Waals surface area (Å²) in [7, 11) is 1.75. The Labute approximate surface area is 124 Å². The topological polar surface area (TPSA) is 46.3 Å². The van der Waals surface area contributed by atoms with E-state index in [2.05, 4.69) is 0 Å². The van der Waals surface area contributed by atoms with Gasteiger partial charge in [-0.25, -0.2) is 4.39 Å². The summed E-state index contributed by atoms with van der Waals surface area (Å²) in [5.74, 6) is -0.322. The monoisotopic (exact) mass is 286 g/mol. The van der Waals surface area contributed by atoms with E-state index in [0.717, 1.165) is 11.1 Å². The van der Waals surface area contributed by atoms with E-state index in [4.69, 9.17) is 5.73 Å². The maximum Gasteiger partial charge on any atom is 0.224 e. The molecule has 0 aliphatic rings. The predicted octanol–water partition coefficient (Wildman–Crippen LogP) is 2.72. The van der Waals surface area contributed by atoms with E-state index < -0.39 is 0 Å². The first-order chi connectivity index (χ1) is 10.1. The van der Waals surface area contributed by atoms with Crippen LogP contribution >= 0.6 is 0 Å². The van der Waals surface area contributed by atoms with Crippen LogP contribution in [0.2, 0.25) is 0 Å². The minimum Gasteiger partial charge on any atom is -0.335 e. The van der Waals surface area contributed by atoms with Crippen LogP contribution in [0.4, 0.5) is 4.39 Å². The van der Waals surface area contributed by atoms with Crippen LogP contribution < -0.4 is 5.73 Å². The summed E-state index contributed by atoms with van der Waals surface area (Å²) in [6, 6.07) is 15.7. The Balaban J connectivity index is 2.39. The van der Waals surface area contributed by atoms with Gasteiger partial charge in [-0.05, 0) is 23.3 Å². The molecule has 1 atom stereocenters. The van der Waals surface area contributed by atoms with Crippen molar-refractivity contribution in [3.8, 4) is 0 Å². The lowest BCUT2D eigenvalue weighted by molar-refractivity contribution is -0.131. The molecule has 0 aliphatic carbocycles. The first-order valence-corrected chi connectivity index (χ1v) is 6.89. The lowest BCUT2D eigenvalue weighted by Gasteiger charge is -2.29. The molecular formula is C17H19FN2O. The third kappa shape index (κ3) is 3.67. The zero-order chi connectivity index (χ0) is 15.2. The van der Waals surface area contributed by atoms with Gasteiger partial charge in [0.05, 0.1) is 6.04 Å². The molecule has 1 unspecified atom stereocenters. The molecule has 0 aromatic heterocycles. The van der Waals surface area contributed by atoms with Crippen molar-refractivity contribution in [2.24, 2.45) is 5.73 Å². The van der Waals surface area contributed by atoms with Gasteiger partial charge < -0.3 is 10.6 Å². The number of nitrogens with zero attached hydrogens (tertiary/aromatic N) is 1. The molecule has 0 fully saturated rings. The third-order valence-corrected chi connectivity index (χ3v) is 3.44. The molecular weight excluding hydrogens is 267 g/mol. The standard InChI is InChI=1S/C17H19FN2O/c1-20(16(21)11-12-19)17(13-5-3-2-4-6-13)14-7-9-15(18)10-8-14/h2-10,17H,11-12,19H2,1H3. The largest absolute Gasteiger partial charge is 0.335 e. The highest BCUT2D eigenvalue weighted by molar-refractivity contribution is 5.77. The van der Waals surface area contributed by atoms with Gasteiger partial charge in [0.15, 0.2) is 0 Å². The van der Waals surface area contributed by atoms with Crippen LogP contribution in [0.1, 0.15) is 23.6 Å². The SMILES string of the molecule is CN(C(=O)CCN)C(c1ccccc1)c1ccc(F)cc1. The molecule has 0 aliphatic heterocycles. The van der Waals surface area contributed by atoms with E-state index in [1.165, 1.54) is 12.1 Å². The highest BCUT2D eigenvalue weighted by atomic mass is 19.1. The molecule has 4 heteroatoms. The summed E-state index contributed by atoms with van der Waals surface area (Å²) in [5.41, 5.74) is 7.32. The van der Waals surface area contributed by atoms with Crippen molar-refractivity contribution in [2.45, 2.75) is 12.5 Å². The van der Waals surface area contributed by atoms with Crippen molar-refractivity contribution in [3.05, 3.63) is 71.5 Å². The van der Waals surface area contributed by atoms with Crippen molar-refractivity contribution >= 4 is 5.91 Å². The highest BCUT2D eigenvalue weighted by Crippen LogP contribution is 2.28. The number of hydrogen-bond donors (Lipinski definition) is 1. The van der Waals surface area contributed by atoms with E-state index in [-0.39, 0.29) is 17.8 Å². The zero-order valence-corrected chi connectivity index (χ0v) is 12.0. The fourth-order valence-electron chi connectivity index (χ4n) is 2.36. The molecule has 0 saturated heterocycles. The molecule has 2 rings (SSSR count). The maximum absolute atomic E-state index is 13.1. The summed E-state index contributed by atoms with van der Waals surface area (Å²) < 4.78 is 13.1. The minimum atomic E-state index is -0.290. The van der Waals surface area contributed by atoms with E-state index in [1.807, 2.05) is 30.3 Å². The first-order valence-electron chi connectivity index (χ1n) is 6.89. The highest BCUT2D eigenvalue weighted by Gasteiger charge is 2.22. The molecule has 0 saturated carbocycles. The molecule has 110 valence electrons. The van der Waals surface area contributed by atoms with Crippen LogP contribution in [0.5, 0.6) is 0 Å². The van der Waals surface area contributed by atoms with E-state index >= 15 is 0 Å². The molecule has 2 aromatic carbocycles. The lowest BCUT2D eigenvalue weighted by Crippen LogP contribution is -2.33. The lowest BCUT2D eigenvalue weighted by atomic mass is 9.97. The van der Waals surface area contributed by atoms with Gasteiger partial charge >= 0.3 is 0 Å². The Morgan fingerprint density at radius 3 is 2.24 bits per heavy atom. The van der Waals surface area contributed by atoms with Gasteiger partial charge in [0, 0.05) is 20.0 Å². The summed E-state index contributed by atoms with van der Waals surface area (Å²) in [6.45, 7) is 0.314. The summed E-state index contributed by atoms with van der Waals surface area (Å²) in [4.78, 5) is 13.8. The van der Waals surface area contributed by atoms with E-state index in [9.17, 15) is 9.18 Å². The molecule has 3 nitrogen and oxygen atoms in total. The molecule has 0 radical (unpaired) electrons. The number of benzene rings is 2. The Bertz CT molecular complexity index is 583. The van der Waals surface area contributed by atoms with Gasteiger partial charge in [-0.1, -0.05) is 42.5 Å². The van der Waals surface area contributed by atoms with Crippen LogP contribution in [-0.4, -0.2) is 24.4 Å². The molecule has 2 aromatic rings. The summed E-state index contributed by atoms with van der Waals surface area (Å²) >= 11 is 0. The third-order valence-electron chi connectivity index (χ3n) is 3.44. The van der Waals surface area contributed by atoms with Gasteiger partial charge in [0.25, 0.3) is 0 Å². The second-order valence-electron chi connectivity index (χ2n) is 4.91. The van der Waals surface area contributed by atoms with Gasteiger partial charge in [0.1, 0.15) is 5.82 Å². The molecule has 0 spiro atoms. The van der Waals surface area contributed by atoms with E-state index in [1.54, 1.807) is 24.1 Å². The average molecular weight is 286 g/mol. The number of halogens is 1. The zero-order valence-electron chi connectivity index (χ0n) is 12.0. The van der Waals surface area contributed by atoms with Crippen molar-refractivity contribution < 1.29 is 9.18 Å². The van der Waals surface area contributed by atoms with Gasteiger partial charge in [0.2, 0.25) is 5.91 Å². The van der Waals surface area contributed by atoms with E-state index in [0.29, 0.717) is 13.0 Å². The Hall–Kier alpha value is -2.20. The predicted molar refractivity (Wildman–Crippen MR) is 81.1 cm³/mol. The molecule has 21 heavy (non-hydrogen) atoms. The first kappa shape index (κ1) is 15.2. The van der Waals surface area contributed by atoms with Crippen molar-refractivity contribution in [1.82, 2.24) is 4.90 Å². The van der Waals surface area contributed by atoms with Gasteiger partial charge in [-0.3, -0.25) is 4.79 Å². The quantitative estimate of drug-likeness (QED) is 0.918. The molecule has 0 bridgehead atoms. The number of carbonyl (C=O) groups is 1. The van der Waals surface area contributed by atoms with Crippen LogP contribution in [0.25, 0.3) is 0 Å². The number of hydrogen-bond acceptors (Lipinski definition) is 2. The second kappa shape index (κ2) is 6.99. The fraction of sp³-hybridized carbons (Fsp3) is 0.235. The normalized spacial score (nSPS) is 12.0. The Morgan fingerprint density at radius 2 is 1.67 bits per heavy atom. The van der Waals surface area contributed by atoms with Crippen LogP contribution in [0.15, 0.2) is 54.6 Å². The second-order valence-corrected chi connectivity index (χ2v) is 4.91. The number of carbonyl (C=O) groups excluding carboxylic acids is 1. The smallest absolute Gasteiger partial charge is 0.224 e. The molecule has 2 N–H and O–H groups in total. The van der Waals surface area contributed by atoms with Crippen molar-refractivity contribution in [3.63, 3.8) is 0 Å². The van der Waals surface area contributed by atoms with Gasteiger partial charge in [-0.15, -0.1) is 0 Å². The van der Waals surface area contributed by atoms with Gasteiger partial charge in [-0.2, -0.15) is 0 Å². The number of nitrogens with two attached hydrogens (primary N) is 1. The summed E-state index contributed by atoms with van der Waals surface area (Å²) in [6.07, 6.45) is 0.293. The number of rotatable bonds is 5. The van der Waals surface area contributed by atoms with Crippen LogP contribution in [0, 0.1) is 5.82 Å².